The quantitative estimate of drug-likeness (QED) is 0.251. The van der Waals surface area contributed by atoms with Gasteiger partial charge in [-0.2, -0.15) is 0 Å². The van der Waals surface area contributed by atoms with Gasteiger partial charge in [0, 0.05) is 5.56 Å². The summed E-state index contributed by atoms with van der Waals surface area (Å²) in [5.41, 5.74) is 20.2. The van der Waals surface area contributed by atoms with E-state index in [0.29, 0.717) is 5.56 Å². The minimum atomic E-state index is -0.542. The van der Waals surface area contributed by atoms with Crippen LogP contribution in [0.1, 0.15) is 33.0 Å². The van der Waals surface area contributed by atoms with Crippen molar-refractivity contribution in [2.75, 3.05) is 16.6 Å². The summed E-state index contributed by atoms with van der Waals surface area (Å²) in [7, 11) is 0. The van der Waals surface area contributed by atoms with Crippen molar-refractivity contribution in [2.45, 2.75) is 12.8 Å². The minimum absolute atomic E-state index is 0.118. The molecular formula is C26H25N7O2. The molecule has 2 amide bonds. The number of amides is 2. The molecule has 6 N–H and O–H groups in total. The third-order valence-electron chi connectivity index (χ3n) is 5.32. The summed E-state index contributed by atoms with van der Waals surface area (Å²) < 4.78 is 0. The van der Waals surface area contributed by atoms with Crippen LogP contribution in [0.4, 0.5) is 17.3 Å². The van der Waals surface area contributed by atoms with Crippen LogP contribution in [0.2, 0.25) is 0 Å². The third kappa shape index (κ3) is 5.72. The molecule has 176 valence electrons. The molecule has 0 aliphatic carbocycles. The lowest BCUT2D eigenvalue weighted by Crippen LogP contribution is -2.35. The Balaban J connectivity index is 1.44. The Bertz CT molecular complexity index is 1260. The average molecular weight is 468 g/mol. The highest BCUT2D eigenvalue weighted by Gasteiger charge is 2.23. The van der Waals surface area contributed by atoms with Gasteiger partial charge in [-0.25, -0.2) is 9.97 Å². The maximum atomic E-state index is 13.2. The number of nitrogen functional groups attached to an aromatic ring is 1. The van der Waals surface area contributed by atoms with Crippen molar-refractivity contribution in [1.82, 2.24) is 20.8 Å². The van der Waals surface area contributed by atoms with E-state index >= 15 is 0 Å². The maximum Gasteiger partial charge on any atom is 0.269 e. The SMILES string of the molecule is Cc1ccc(C(=O)NNc2ncnc(NNC(=O)C(c3ccccc3)c3ccccc3)c2N)cc1. The van der Waals surface area contributed by atoms with Crippen LogP contribution in [0, 0.1) is 6.92 Å². The first kappa shape index (κ1) is 23.2. The molecule has 0 unspecified atom stereocenters. The lowest BCUT2D eigenvalue weighted by Gasteiger charge is -2.19. The van der Waals surface area contributed by atoms with Crippen LogP contribution >= 0.6 is 0 Å². The number of aromatic nitrogens is 2. The molecule has 0 bridgehead atoms. The lowest BCUT2D eigenvalue weighted by molar-refractivity contribution is -0.121. The van der Waals surface area contributed by atoms with Crippen molar-refractivity contribution < 1.29 is 9.59 Å². The Morgan fingerprint density at radius 2 is 1.26 bits per heavy atom. The van der Waals surface area contributed by atoms with Crippen LogP contribution in [0.3, 0.4) is 0 Å². The average Bonchev–Trinajstić information content (AvgIpc) is 2.89. The number of hydrogen-bond acceptors (Lipinski definition) is 7. The highest BCUT2D eigenvalue weighted by Crippen LogP contribution is 2.25. The number of nitrogens with zero attached hydrogens (tertiary/aromatic N) is 2. The first-order valence-corrected chi connectivity index (χ1v) is 10.9. The van der Waals surface area contributed by atoms with Crippen molar-refractivity contribution in [2.24, 2.45) is 0 Å². The zero-order valence-electron chi connectivity index (χ0n) is 19.0. The Hall–Kier alpha value is -4.92. The highest BCUT2D eigenvalue weighted by molar-refractivity contribution is 5.95. The van der Waals surface area contributed by atoms with E-state index in [0.717, 1.165) is 16.7 Å². The molecule has 0 saturated carbocycles. The molecular weight excluding hydrogens is 442 g/mol. The molecule has 0 fully saturated rings. The molecule has 3 aromatic carbocycles. The van der Waals surface area contributed by atoms with Gasteiger partial charge in [-0.1, -0.05) is 78.4 Å². The van der Waals surface area contributed by atoms with Crippen LogP contribution in [0.5, 0.6) is 0 Å². The van der Waals surface area contributed by atoms with Gasteiger partial charge >= 0.3 is 0 Å². The molecule has 4 aromatic rings. The first-order chi connectivity index (χ1) is 17.0. The fraction of sp³-hybridized carbons (Fsp3) is 0.0769. The van der Waals surface area contributed by atoms with E-state index in [-0.39, 0.29) is 29.1 Å². The van der Waals surface area contributed by atoms with Gasteiger partial charge in [0.25, 0.3) is 5.91 Å². The van der Waals surface area contributed by atoms with E-state index in [1.54, 1.807) is 12.1 Å². The van der Waals surface area contributed by atoms with Gasteiger partial charge in [-0.3, -0.25) is 31.3 Å². The molecule has 0 aliphatic rings. The molecule has 0 radical (unpaired) electrons. The fourth-order valence-corrected chi connectivity index (χ4v) is 3.47. The van der Waals surface area contributed by atoms with E-state index in [4.69, 9.17) is 5.73 Å². The van der Waals surface area contributed by atoms with Gasteiger partial charge in [0.15, 0.2) is 11.6 Å². The number of benzene rings is 3. The zero-order valence-corrected chi connectivity index (χ0v) is 19.0. The van der Waals surface area contributed by atoms with Crippen molar-refractivity contribution in [3.05, 3.63) is 114 Å². The number of carbonyl (C=O) groups excluding carboxylic acids is 2. The fourth-order valence-electron chi connectivity index (χ4n) is 3.47. The second-order valence-corrected chi connectivity index (χ2v) is 7.80. The Labute approximate surface area is 202 Å². The van der Waals surface area contributed by atoms with Gasteiger partial charge in [0.2, 0.25) is 5.91 Å². The largest absolute Gasteiger partial charge is 0.393 e. The molecule has 35 heavy (non-hydrogen) atoms. The third-order valence-corrected chi connectivity index (χ3v) is 5.32. The van der Waals surface area contributed by atoms with E-state index in [1.807, 2.05) is 79.7 Å². The standard InChI is InChI=1S/C26H25N7O2/c1-17-12-14-20(15-13-17)25(34)32-30-23-22(27)24(29-16-28-23)31-33-26(35)21(18-8-4-2-5-9-18)19-10-6-3-7-11-19/h2-16,21H,27H2,1H3,(H,32,34)(H,33,35)(H2,28,29,30,31). The van der Waals surface area contributed by atoms with Gasteiger partial charge in [0.05, 0.1) is 5.92 Å². The number of carbonyl (C=O) groups is 2. The van der Waals surface area contributed by atoms with E-state index in [2.05, 4.69) is 31.7 Å². The van der Waals surface area contributed by atoms with Crippen LogP contribution in [0.25, 0.3) is 0 Å². The second kappa shape index (κ2) is 10.8. The van der Waals surface area contributed by atoms with Crippen LogP contribution in [-0.4, -0.2) is 21.8 Å². The van der Waals surface area contributed by atoms with E-state index < -0.39 is 5.92 Å². The topological polar surface area (TPSA) is 134 Å². The number of anilines is 3. The summed E-state index contributed by atoms with van der Waals surface area (Å²) in [5, 5.41) is 0. The molecule has 0 atom stereocenters. The van der Waals surface area contributed by atoms with Crippen molar-refractivity contribution in [1.29, 1.82) is 0 Å². The number of hydrogen-bond donors (Lipinski definition) is 5. The number of nitrogens with one attached hydrogen (secondary N) is 4. The normalized spacial score (nSPS) is 10.5. The molecule has 0 aliphatic heterocycles. The lowest BCUT2D eigenvalue weighted by atomic mass is 9.91. The monoisotopic (exact) mass is 467 g/mol. The predicted octanol–water partition coefficient (Wildman–Crippen LogP) is 3.40. The second-order valence-electron chi connectivity index (χ2n) is 7.80. The number of nitrogens with two attached hydrogens (primary N) is 1. The molecule has 9 nitrogen and oxygen atoms in total. The van der Waals surface area contributed by atoms with Gasteiger partial charge < -0.3 is 5.73 Å². The van der Waals surface area contributed by atoms with Gasteiger partial charge in [-0.05, 0) is 30.2 Å². The first-order valence-electron chi connectivity index (χ1n) is 10.9. The predicted molar refractivity (Wildman–Crippen MR) is 135 cm³/mol. The summed E-state index contributed by atoms with van der Waals surface area (Å²) in [4.78, 5) is 33.7. The molecule has 0 saturated heterocycles. The Morgan fingerprint density at radius 3 is 1.80 bits per heavy atom. The molecule has 9 heteroatoms. The molecule has 4 rings (SSSR count). The van der Waals surface area contributed by atoms with Crippen molar-refractivity contribution in [3.63, 3.8) is 0 Å². The van der Waals surface area contributed by atoms with Crippen molar-refractivity contribution >= 4 is 29.1 Å². The summed E-state index contributed by atoms with van der Waals surface area (Å²) >= 11 is 0. The van der Waals surface area contributed by atoms with Crippen molar-refractivity contribution in [3.8, 4) is 0 Å². The summed E-state index contributed by atoms with van der Waals surface area (Å²) in [6.07, 6.45) is 1.26. The summed E-state index contributed by atoms with van der Waals surface area (Å²) in [6, 6.07) is 26.1. The molecule has 1 aromatic heterocycles. The Morgan fingerprint density at radius 1 is 0.743 bits per heavy atom. The van der Waals surface area contributed by atoms with E-state index in [1.165, 1.54) is 6.33 Å². The molecule has 1 heterocycles. The van der Waals surface area contributed by atoms with E-state index in [9.17, 15) is 9.59 Å². The maximum absolute atomic E-state index is 13.2. The smallest absolute Gasteiger partial charge is 0.269 e. The summed E-state index contributed by atoms with van der Waals surface area (Å²) in [5.74, 6) is -0.818. The Kier molecular flexibility index (Phi) is 7.17. The zero-order chi connectivity index (χ0) is 24.6. The molecule has 0 spiro atoms. The number of rotatable bonds is 8. The summed E-state index contributed by atoms with van der Waals surface area (Å²) in [6.45, 7) is 1.94. The van der Waals surface area contributed by atoms with Gasteiger partial charge in [0.1, 0.15) is 12.0 Å². The van der Waals surface area contributed by atoms with Crippen LogP contribution in [-0.2, 0) is 4.79 Å². The number of aryl methyl sites for hydroxylation is 1. The van der Waals surface area contributed by atoms with Gasteiger partial charge in [-0.15, -0.1) is 0 Å². The van der Waals surface area contributed by atoms with Crippen LogP contribution in [0.15, 0.2) is 91.3 Å². The van der Waals surface area contributed by atoms with Crippen LogP contribution < -0.4 is 27.4 Å². The minimum Gasteiger partial charge on any atom is -0.393 e. The highest BCUT2D eigenvalue weighted by atomic mass is 16.2. The number of hydrazine groups is 2.